The summed E-state index contributed by atoms with van der Waals surface area (Å²) in [7, 11) is -1.69. The van der Waals surface area contributed by atoms with E-state index in [4.69, 9.17) is 9.41 Å². The van der Waals surface area contributed by atoms with Crippen LogP contribution in [0.4, 0.5) is 0 Å². The van der Waals surface area contributed by atoms with E-state index in [1.807, 2.05) is 6.21 Å². The topological polar surface area (TPSA) is 34.5 Å². The minimum absolute atomic E-state index is 0.244. The fourth-order valence-electron chi connectivity index (χ4n) is 1.76. The van der Waals surface area contributed by atoms with Crippen LogP contribution < -0.4 is 0 Å². The first kappa shape index (κ1) is 14.4. The third-order valence-electron chi connectivity index (χ3n) is 4.16. The lowest BCUT2D eigenvalue weighted by Gasteiger charge is -2.36. The highest BCUT2D eigenvalue weighted by atomic mass is 28.4. The van der Waals surface area contributed by atoms with E-state index >= 15 is 0 Å². The van der Waals surface area contributed by atoms with Crippen LogP contribution >= 0.6 is 0 Å². The molecule has 4 heteroatoms. The van der Waals surface area contributed by atoms with Gasteiger partial charge in [-0.15, -0.1) is 0 Å². The van der Waals surface area contributed by atoms with Crippen LogP contribution in [0.15, 0.2) is 17.1 Å². The van der Waals surface area contributed by atoms with E-state index in [0.717, 1.165) is 29.9 Å². The Bertz CT molecular complexity index is 489. The Morgan fingerprint density at radius 2 is 2.00 bits per heavy atom. The number of rotatable bonds is 3. The number of nitrogens with zero attached hydrogens (tertiary/aromatic N) is 2. The fourth-order valence-corrected chi connectivity index (χ4v) is 2.70. The number of aliphatic imine (C=N–C) groups is 1. The van der Waals surface area contributed by atoms with Gasteiger partial charge in [0.25, 0.3) is 0 Å². The SMILES string of the molecule is CC(C)(C)[Si](C)(C)OCc1ccc2c(n1)CCN=C2. The highest BCUT2D eigenvalue weighted by molar-refractivity contribution is 6.74. The third kappa shape index (κ3) is 3.31. The van der Waals surface area contributed by atoms with Gasteiger partial charge in [-0.2, -0.15) is 0 Å². The van der Waals surface area contributed by atoms with Crippen molar-refractivity contribution in [1.82, 2.24) is 4.98 Å². The summed E-state index contributed by atoms with van der Waals surface area (Å²) in [5.41, 5.74) is 3.35. The van der Waals surface area contributed by atoms with Gasteiger partial charge in [0, 0.05) is 24.7 Å². The molecule has 0 radical (unpaired) electrons. The molecule has 0 N–H and O–H groups in total. The zero-order valence-electron chi connectivity index (χ0n) is 12.7. The normalized spacial score (nSPS) is 15.4. The lowest BCUT2D eigenvalue weighted by Crippen LogP contribution is -2.40. The summed E-state index contributed by atoms with van der Waals surface area (Å²) >= 11 is 0. The van der Waals surface area contributed by atoms with Crippen molar-refractivity contribution in [2.45, 2.75) is 51.9 Å². The summed E-state index contributed by atoms with van der Waals surface area (Å²) in [4.78, 5) is 8.98. The first-order valence-electron chi connectivity index (χ1n) is 6.92. The summed E-state index contributed by atoms with van der Waals surface area (Å²) in [6.07, 6.45) is 2.87. The Balaban J connectivity index is 2.07. The van der Waals surface area contributed by atoms with Gasteiger partial charge in [0.15, 0.2) is 8.32 Å². The lowest BCUT2D eigenvalue weighted by atomic mass is 10.1. The summed E-state index contributed by atoms with van der Waals surface area (Å²) in [5.74, 6) is 0. The molecule has 0 unspecified atom stereocenters. The van der Waals surface area contributed by atoms with Crippen molar-refractivity contribution in [3.8, 4) is 0 Å². The van der Waals surface area contributed by atoms with Crippen LogP contribution in [0.3, 0.4) is 0 Å². The van der Waals surface area contributed by atoms with Crippen molar-refractivity contribution in [3.05, 3.63) is 29.1 Å². The van der Waals surface area contributed by atoms with Gasteiger partial charge in [-0.1, -0.05) is 20.8 Å². The van der Waals surface area contributed by atoms with Gasteiger partial charge in [0.2, 0.25) is 0 Å². The maximum Gasteiger partial charge on any atom is 0.192 e. The molecule has 0 spiro atoms. The molecule has 104 valence electrons. The molecule has 0 saturated heterocycles. The summed E-state index contributed by atoms with van der Waals surface area (Å²) in [6, 6.07) is 4.17. The minimum Gasteiger partial charge on any atom is -0.411 e. The number of fused-ring (bicyclic) bond motifs is 1. The highest BCUT2D eigenvalue weighted by Crippen LogP contribution is 2.36. The second kappa shape index (κ2) is 5.17. The molecule has 0 aromatic carbocycles. The van der Waals surface area contributed by atoms with Gasteiger partial charge in [-0.25, -0.2) is 0 Å². The average Bonchev–Trinajstić information content (AvgIpc) is 2.35. The van der Waals surface area contributed by atoms with Crippen LogP contribution in [0.1, 0.15) is 37.7 Å². The molecule has 2 heterocycles. The molecule has 0 amide bonds. The first-order valence-corrected chi connectivity index (χ1v) is 9.83. The first-order chi connectivity index (χ1) is 8.79. The average molecular weight is 276 g/mol. The number of hydrogen-bond acceptors (Lipinski definition) is 3. The van der Waals surface area contributed by atoms with E-state index in [9.17, 15) is 0 Å². The molecule has 0 atom stereocenters. The van der Waals surface area contributed by atoms with Crippen molar-refractivity contribution in [1.29, 1.82) is 0 Å². The monoisotopic (exact) mass is 276 g/mol. The third-order valence-corrected chi connectivity index (χ3v) is 8.64. The Labute approximate surface area is 117 Å². The molecule has 1 aromatic rings. The Morgan fingerprint density at radius 3 is 2.68 bits per heavy atom. The van der Waals surface area contributed by atoms with E-state index in [0.29, 0.717) is 6.61 Å². The van der Waals surface area contributed by atoms with Gasteiger partial charge in [0.1, 0.15) is 0 Å². The lowest BCUT2D eigenvalue weighted by molar-refractivity contribution is 0.272. The molecule has 19 heavy (non-hydrogen) atoms. The molecule has 0 saturated carbocycles. The van der Waals surface area contributed by atoms with E-state index in [1.165, 1.54) is 0 Å². The number of hydrogen-bond donors (Lipinski definition) is 0. The van der Waals surface area contributed by atoms with Gasteiger partial charge < -0.3 is 4.43 Å². The minimum atomic E-state index is -1.69. The van der Waals surface area contributed by atoms with Crippen LogP contribution in [-0.4, -0.2) is 26.1 Å². The summed E-state index contributed by atoms with van der Waals surface area (Å²) < 4.78 is 6.21. The van der Waals surface area contributed by atoms with Crippen LogP contribution in [-0.2, 0) is 17.5 Å². The number of pyridine rings is 1. The number of aromatic nitrogens is 1. The predicted octanol–water partition coefficient (Wildman–Crippen LogP) is 3.58. The molecule has 0 aliphatic carbocycles. The van der Waals surface area contributed by atoms with Crippen LogP contribution in [0.25, 0.3) is 0 Å². The van der Waals surface area contributed by atoms with Crippen molar-refractivity contribution in [2.75, 3.05) is 6.54 Å². The Kier molecular flexibility index (Phi) is 3.92. The van der Waals surface area contributed by atoms with Crippen molar-refractivity contribution in [2.24, 2.45) is 4.99 Å². The van der Waals surface area contributed by atoms with Crippen LogP contribution in [0.2, 0.25) is 18.1 Å². The second-order valence-corrected chi connectivity index (χ2v) is 11.5. The maximum atomic E-state index is 6.21. The van der Waals surface area contributed by atoms with Crippen LogP contribution in [0, 0.1) is 0 Å². The van der Waals surface area contributed by atoms with Crippen molar-refractivity contribution in [3.63, 3.8) is 0 Å². The van der Waals surface area contributed by atoms with Gasteiger partial charge in [-0.3, -0.25) is 9.98 Å². The smallest absolute Gasteiger partial charge is 0.192 e. The molecular formula is C15H24N2OSi. The molecule has 2 rings (SSSR count). The summed E-state index contributed by atoms with van der Waals surface area (Å²) in [6.45, 7) is 12.8. The Hall–Kier alpha value is -1.00. The quantitative estimate of drug-likeness (QED) is 0.791. The summed E-state index contributed by atoms with van der Waals surface area (Å²) in [5, 5.41) is 0.244. The highest BCUT2D eigenvalue weighted by Gasteiger charge is 2.37. The van der Waals surface area contributed by atoms with Gasteiger partial charge >= 0.3 is 0 Å². The molecule has 0 bridgehead atoms. The molecule has 0 fully saturated rings. The predicted molar refractivity (Wildman–Crippen MR) is 82.4 cm³/mol. The van der Waals surface area contributed by atoms with Crippen molar-refractivity contribution >= 4 is 14.5 Å². The molecule has 1 aromatic heterocycles. The zero-order chi connectivity index (χ0) is 14.1. The van der Waals surface area contributed by atoms with E-state index in [2.05, 4.69) is 51.0 Å². The molecule has 3 nitrogen and oxygen atoms in total. The standard InChI is InChI=1S/C15H24N2OSi/c1-15(2,3)19(4,5)18-11-13-7-6-12-10-16-9-8-14(12)17-13/h6-7,10H,8-9,11H2,1-5H3. The zero-order valence-corrected chi connectivity index (χ0v) is 13.7. The van der Waals surface area contributed by atoms with Crippen LogP contribution in [0.5, 0.6) is 0 Å². The maximum absolute atomic E-state index is 6.21. The second-order valence-electron chi connectivity index (χ2n) is 6.67. The molecule has 1 aliphatic heterocycles. The van der Waals surface area contributed by atoms with E-state index in [1.54, 1.807) is 0 Å². The fraction of sp³-hybridized carbons (Fsp3) is 0.600. The molecule has 1 aliphatic rings. The molecular weight excluding hydrogens is 252 g/mol. The van der Waals surface area contributed by atoms with Gasteiger partial charge in [0.05, 0.1) is 18.0 Å². The van der Waals surface area contributed by atoms with E-state index in [-0.39, 0.29) is 5.04 Å². The largest absolute Gasteiger partial charge is 0.411 e. The Morgan fingerprint density at radius 1 is 1.26 bits per heavy atom. The van der Waals surface area contributed by atoms with Gasteiger partial charge in [-0.05, 0) is 30.3 Å². The van der Waals surface area contributed by atoms with E-state index < -0.39 is 8.32 Å². The van der Waals surface area contributed by atoms with Crippen molar-refractivity contribution < 1.29 is 4.43 Å².